The Balaban J connectivity index is 2.15. The van der Waals surface area contributed by atoms with Gasteiger partial charge in [-0.3, -0.25) is 0 Å². The zero-order valence-electron chi connectivity index (χ0n) is 8.08. The van der Waals surface area contributed by atoms with E-state index in [9.17, 15) is 0 Å². The number of aryl methyl sites for hydroxylation is 1. The molecule has 1 aromatic rings. The average Bonchev–Trinajstić information content (AvgIpc) is 2.71. The van der Waals surface area contributed by atoms with Gasteiger partial charge < -0.3 is 9.84 Å². The SMILES string of the molecule is CN[C@H]1CCC[C@H]1c1nc(C)no1. The number of nitrogens with zero attached hydrogens (tertiary/aromatic N) is 2. The normalized spacial score (nSPS) is 28.2. The zero-order chi connectivity index (χ0) is 9.26. The smallest absolute Gasteiger partial charge is 0.231 e. The number of likely N-dealkylation sites (N-methyl/N-ethyl adjacent to an activating group) is 1. The van der Waals surface area contributed by atoms with Crippen LogP contribution >= 0.6 is 0 Å². The summed E-state index contributed by atoms with van der Waals surface area (Å²) in [7, 11) is 1.99. The van der Waals surface area contributed by atoms with Crippen LogP contribution in [-0.2, 0) is 0 Å². The molecule has 1 aliphatic rings. The van der Waals surface area contributed by atoms with E-state index in [2.05, 4.69) is 15.5 Å². The second kappa shape index (κ2) is 3.46. The van der Waals surface area contributed by atoms with Crippen LogP contribution in [0.15, 0.2) is 4.52 Å². The van der Waals surface area contributed by atoms with E-state index in [1.54, 1.807) is 0 Å². The van der Waals surface area contributed by atoms with Gasteiger partial charge in [0.05, 0.1) is 5.92 Å². The van der Waals surface area contributed by atoms with Gasteiger partial charge in [0.1, 0.15) is 0 Å². The standard InChI is InChI=1S/C9H15N3O/c1-6-11-9(13-12-6)7-4-3-5-8(7)10-2/h7-8,10H,3-5H2,1-2H3/t7-,8+/m1/s1. The summed E-state index contributed by atoms with van der Waals surface area (Å²) in [5, 5.41) is 7.11. The molecule has 0 spiro atoms. The van der Waals surface area contributed by atoms with Crippen LogP contribution in [0, 0.1) is 6.92 Å². The molecule has 4 heteroatoms. The van der Waals surface area contributed by atoms with Gasteiger partial charge in [-0.25, -0.2) is 0 Å². The van der Waals surface area contributed by atoms with Crippen LogP contribution in [0.5, 0.6) is 0 Å². The molecule has 13 heavy (non-hydrogen) atoms. The maximum atomic E-state index is 5.18. The van der Waals surface area contributed by atoms with Crippen LogP contribution in [-0.4, -0.2) is 23.2 Å². The summed E-state index contributed by atoms with van der Waals surface area (Å²) in [5.74, 6) is 1.96. The Kier molecular flexibility index (Phi) is 2.31. The molecule has 0 bridgehead atoms. The van der Waals surface area contributed by atoms with Crippen LogP contribution < -0.4 is 5.32 Å². The number of hydrogen-bond donors (Lipinski definition) is 1. The second-order valence-corrected chi connectivity index (χ2v) is 3.61. The number of aromatic nitrogens is 2. The molecule has 1 heterocycles. The van der Waals surface area contributed by atoms with E-state index < -0.39 is 0 Å². The van der Waals surface area contributed by atoms with E-state index >= 15 is 0 Å². The molecular formula is C9H15N3O. The van der Waals surface area contributed by atoms with Gasteiger partial charge in [-0.05, 0) is 26.8 Å². The Hall–Kier alpha value is -0.900. The van der Waals surface area contributed by atoms with Gasteiger partial charge in [-0.1, -0.05) is 11.6 Å². The minimum atomic E-state index is 0.422. The summed E-state index contributed by atoms with van der Waals surface area (Å²) in [6.07, 6.45) is 3.62. The summed E-state index contributed by atoms with van der Waals surface area (Å²) < 4.78 is 5.18. The van der Waals surface area contributed by atoms with Crippen molar-refractivity contribution >= 4 is 0 Å². The molecule has 4 nitrogen and oxygen atoms in total. The Labute approximate surface area is 77.7 Å². The van der Waals surface area contributed by atoms with Crippen molar-refractivity contribution < 1.29 is 4.52 Å². The maximum absolute atomic E-state index is 5.18. The molecule has 1 aliphatic carbocycles. The fourth-order valence-corrected chi connectivity index (χ4v) is 2.06. The average molecular weight is 181 g/mol. The molecule has 2 atom stereocenters. The third-order valence-corrected chi connectivity index (χ3v) is 2.75. The minimum absolute atomic E-state index is 0.422. The highest BCUT2D eigenvalue weighted by atomic mass is 16.5. The van der Waals surface area contributed by atoms with Crippen molar-refractivity contribution in [3.8, 4) is 0 Å². The molecule has 0 unspecified atom stereocenters. The fraction of sp³-hybridized carbons (Fsp3) is 0.778. The highest BCUT2D eigenvalue weighted by Crippen LogP contribution is 2.33. The first-order valence-corrected chi connectivity index (χ1v) is 4.78. The van der Waals surface area contributed by atoms with Gasteiger partial charge in [-0.2, -0.15) is 4.98 Å². The lowest BCUT2D eigenvalue weighted by atomic mass is 10.0. The minimum Gasteiger partial charge on any atom is -0.339 e. The Morgan fingerprint density at radius 1 is 1.46 bits per heavy atom. The van der Waals surface area contributed by atoms with Crippen molar-refractivity contribution in [2.45, 2.75) is 38.1 Å². The van der Waals surface area contributed by atoms with Gasteiger partial charge in [0.2, 0.25) is 5.89 Å². The van der Waals surface area contributed by atoms with Crippen molar-refractivity contribution in [2.75, 3.05) is 7.05 Å². The van der Waals surface area contributed by atoms with Crippen LogP contribution in [0.3, 0.4) is 0 Å². The predicted molar refractivity (Wildman–Crippen MR) is 48.5 cm³/mol. The topological polar surface area (TPSA) is 51.0 Å². The lowest BCUT2D eigenvalue weighted by molar-refractivity contribution is 0.333. The lowest BCUT2D eigenvalue weighted by Gasteiger charge is -2.14. The van der Waals surface area contributed by atoms with Gasteiger partial charge >= 0.3 is 0 Å². The number of rotatable bonds is 2. The van der Waals surface area contributed by atoms with E-state index in [0.717, 1.165) is 18.1 Å². The number of nitrogens with one attached hydrogen (secondary N) is 1. The first kappa shape index (κ1) is 8.69. The highest BCUT2D eigenvalue weighted by molar-refractivity contribution is 5.01. The van der Waals surface area contributed by atoms with Gasteiger partial charge in [0, 0.05) is 6.04 Å². The Morgan fingerprint density at radius 2 is 2.31 bits per heavy atom. The first-order chi connectivity index (χ1) is 6.31. The monoisotopic (exact) mass is 181 g/mol. The quantitative estimate of drug-likeness (QED) is 0.745. The van der Waals surface area contributed by atoms with Crippen LogP contribution in [0.25, 0.3) is 0 Å². The van der Waals surface area contributed by atoms with E-state index in [1.165, 1.54) is 12.8 Å². The van der Waals surface area contributed by atoms with Crippen molar-refractivity contribution in [3.63, 3.8) is 0 Å². The molecule has 0 amide bonds. The number of hydrogen-bond acceptors (Lipinski definition) is 4. The zero-order valence-corrected chi connectivity index (χ0v) is 8.08. The van der Waals surface area contributed by atoms with Crippen molar-refractivity contribution in [3.05, 3.63) is 11.7 Å². The molecule has 72 valence electrons. The van der Waals surface area contributed by atoms with Gasteiger partial charge in [-0.15, -0.1) is 0 Å². The summed E-state index contributed by atoms with van der Waals surface area (Å²) in [4.78, 5) is 4.27. The molecule has 0 saturated heterocycles. The molecule has 0 aromatic carbocycles. The largest absolute Gasteiger partial charge is 0.339 e. The van der Waals surface area contributed by atoms with E-state index in [0.29, 0.717) is 12.0 Å². The molecule has 1 N–H and O–H groups in total. The van der Waals surface area contributed by atoms with E-state index in [4.69, 9.17) is 4.52 Å². The third kappa shape index (κ3) is 1.58. The third-order valence-electron chi connectivity index (χ3n) is 2.75. The molecule has 0 radical (unpaired) electrons. The van der Waals surface area contributed by atoms with Crippen LogP contribution in [0.4, 0.5) is 0 Å². The molecule has 0 aliphatic heterocycles. The second-order valence-electron chi connectivity index (χ2n) is 3.61. The summed E-state index contributed by atoms with van der Waals surface area (Å²) in [6, 6.07) is 0.514. The van der Waals surface area contributed by atoms with Crippen molar-refractivity contribution in [2.24, 2.45) is 0 Å². The molecule has 2 rings (SSSR count). The fourth-order valence-electron chi connectivity index (χ4n) is 2.06. The van der Waals surface area contributed by atoms with Crippen LogP contribution in [0.1, 0.15) is 36.9 Å². The predicted octanol–water partition coefficient (Wildman–Crippen LogP) is 1.23. The summed E-state index contributed by atoms with van der Waals surface area (Å²) in [5.41, 5.74) is 0. The molecular weight excluding hydrogens is 166 g/mol. The molecule has 1 saturated carbocycles. The van der Waals surface area contributed by atoms with E-state index in [-0.39, 0.29) is 0 Å². The van der Waals surface area contributed by atoms with Crippen molar-refractivity contribution in [1.82, 2.24) is 15.5 Å². The van der Waals surface area contributed by atoms with Gasteiger partial charge in [0.15, 0.2) is 5.82 Å². The maximum Gasteiger partial charge on any atom is 0.231 e. The van der Waals surface area contributed by atoms with Gasteiger partial charge in [0.25, 0.3) is 0 Å². The summed E-state index contributed by atoms with van der Waals surface area (Å²) >= 11 is 0. The molecule has 1 fully saturated rings. The Morgan fingerprint density at radius 3 is 2.92 bits per heavy atom. The van der Waals surface area contributed by atoms with Crippen molar-refractivity contribution in [1.29, 1.82) is 0 Å². The Bertz CT molecular complexity index is 284. The first-order valence-electron chi connectivity index (χ1n) is 4.78. The summed E-state index contributed by atoms with van der Waals surface area (Å²) in [6.45, 7) is 1.86. The highest BCUT2D eigenvalue weighted by Gasteiger charge is 2.31. The van der Waals surface area contributed by atoms with Crippen LogP contribution in [0.2, 0.25) is 0 Å². The lowest BCUT2D eigenvalue weighted by Crippen LogP contribution is -2.27. The van der Waals surface area contributed by atoms with E-state index in [1.807, 2.05) is 14.0 Å². The molecule has 1 aromatic heterocycles.